The number of nitrogens with zero attached hydrogens (tertiary/aromatic N) is 2. The van der Waals surface area contributed by atoms with E-state index in [0.717, 1.165) is 61.4 Å². The van der Waals surface area contributed by atoms with Crippen molar-refractivity contribution in [3.05, 3.63) is 24.0 Å². The van der Waals surface area contributed by atoms with Gasteiger partial charge in [-0.25, -0.2) is 4.98 Å². The lowest BCUT2D eigenvalue weighted by molar-refractivity contribution is 0.0443. The van der Waals surface area contributed by atoms with Gasteiger partial charge in [0.25, 0.3) is 0 Å². The van der Waals surface area contributed by atoms with Crippen LogP contribution in [0.3, 0.4) is 0 Å². The van der Waals surface area contributed by atoms with E-state index in [1.54, 1.807) is 0 Å². The maximum atomic E-state index is 10.1. The molecule has 20 heavy (non-hydrogen) atoms. The number of likely N-dealkylation sites (tertiary alicyclic amines) is 1. The molecule has 1 unspecified atom stereocenters. The fraction of sp³-hybridized carbons (Fsp3) is 0.533. The van der Waals surface area contributed by atoms with Crippen LogP contribution in [-0.2, 0) is 6.54 Å². The molecule has 1 aliphatic rings. The molecule has 0 amide bonds. The van der Waals surface area contributed by atoms with Gasteiger partial charge in [0.15, 0.2) is 0 Å². The Morgan fingerprint density at radius 2 is 2.25 bits per heavy atom. The smallest absolute Gasteiger partial charge is 0.121 e. The zero-order valence-electron chi connectivity index (χ0n) is 11.9. The second-order valence-electron chi connectivity index (χ2n) is 6.09. The van der Waals surface area contributed by atoms with Gasteiger partial charge in [-0.1, -0.05) is 0 Å². The van der Waals surface area contributed by atoms with Crippen molar-refractivity contribution in [1.82, 2.24) is 14.9 Å². The third-order valence-electron chi connectivity index (χ3n) is 4.08. The second-order valence-corrected chi connectivity index (χ2v) is 6.09. The molecule has 0 aliphatic carbocycles. The Hall–Kier alpha value is -1.59. The van der Waals surface area contributed by atoms with Crippen molar-refractivity contribution >= 4 is 16.7 Å². The van der Waals surface area contributed by atoms with Gasteiger partial charge in [0, 0.05) is 12.2 Å². The number of aromatic nitrogens is 2. The molecule has 1 aromatic carbocycles. The summed E-state index contributed by atoms with van der Waals surface area (Å²) in [6.07, 6.45) is 2.72. The number of imidazole rings is 1. The van der Waals surface area contributed by atoms with Crippen LogP contribution in [0.4, 0.5) is 5.69 Å². The van der Waals surface area contributed by atoms with Crippen molar-refractivity contribution in [2.45, 2.75) is 38.3 Å². The van der Waals surface area contributed by atoms with Crippen LogP contribution in [0.1, 0.15) is 32.0 Å². The van der Waals surface area contributed by atoms with Gasteiger partial charge in [0.1, 0.15) is 5.82 Å². The van der Waals surface area contributed by atoms with Crippen LogP contribution in [0.2, 0.25) is 0 Å². The van der Waals surface area contributed by atoms with E-state index in [-0.39, 0.29) is 0 Å². The Labute approximate surface area is 118 Å². The predicted octanol–water partition coefficient (Wildman–Crippen LogP) is 1.88. The fourth-order valence-corrected chi connectivity index (χ4v) is 2.84. The summed E-state index contributed by atoms with van der Waals surface area (Å²) in [7, 11) is 0. The molecule has 1 fully saturated rings. The van der Waals surface area contributed by atoms with Crippen LogP contribution < -0.4 is 5.73 Å². The van der Waals surface area contributed by atoms with E-state index in [1.165, 1.54) is 0 Å². The van der Waals surface area contributed by atoms with Gasteiger partial charge in [-0.15, -0.1) is 0 Å². The summed E-state index contributed by atoms with van der Waals surface area (Å²) in [5.74, 6) is 0.965. The third-order valence-corrected chi connectivity index (χ3v) is 4.08. The van der Waals surface area contributed by atoms with Crippen molar-refractivity contribution in [3.8, 4) is 0 Å². The predicted molar refractivity (Wildman–Crippen MR) is 80.3 cm³/mol. The van der Waals surface area contributed by atoms with Crippen LogP contribution >= 0.6 is 0 Å². The second kappa shape index (κ2) is 5.07. The van der Waals surface area contributed by atoms with Crippen molar-refractivity contribution in [3.63, 3.8) is 0 Å². The Morgan fingerprint density at radius 3 is 3.10 bits per heavy atom. The average molecular weight is 274 g/mol. The topological polar surface area (TPSA) is 78.2 Å². The molecule has 2 aromatic rings. The highest BCUT2D eigenvalue weighted by atomic mass is 16.3. The van der Waals surface area contributed by atoms with Crippen LogP contribution in [0, 0.1) is 0 Å². The van der Waals surface area contributed by atoms with E-state index in [4.69, 9.17) is 5.73 Å². The minimum Gasteiger partial charge on any atom is -0.399 e. The standard InChI is InChI=1S/C15H22N4O/c1-15(20)5-2-7-19(8-6-15)10-14-17-12-4-3-11(16)9-13(12)18-14/h3-4,9,20H,2,5-8,10,16H2,1H3,(H,17,18). The van der Waals surface area contributed by atoms with E-state index in [2.05, 4.69) is 14.9 Å². The molecule has 2 heterocycles. The SMILES string of the molecule is CC1(O)CCCN(Cc2nc3ccc(N)cc3[nH]2)CC1. The number of rotatable bonds is 2. The number of nitrogen functional groups attached to an aromatic ring is 1. The summed E-state index contributed by atoms with van der Waals surface area (Å²) >= 11 is 0. The number of aromatic amines is 1. The van der Waals surface area contributed by atoms with E-state index < -0.39 is 5.60 Å². The molecule has 0 bridgehead atoms. The highest BCUT2D eigenvalue weighted by molar-refractivity contribution is 5.78. The van der Waals surface area contributed by atoms with Gasteiger partial charge in [0.2, 0.25) is 0 Å². The average Bonchev–Trinajstić information content (AvgIpc) is 2.68. The molecule has 1 aromatic heterocycles. The number of hydrogen-bond donors (Lipinski definition) is 3. The first-order valence-electron chi connectivity index (χ1n) is 7.21. The monoisotopic (exact) mass is 274 g/mol. The molecule has 1 aliphatic heterocycles. The van der Waals surface area contributed by atoms with E-state index in [0.29, 0.717) is 0 Å². The van der Waals surface area contributed by atoms with Crippen molar-refractivity contribution in [1.29, 1.82) is 0 Å². The number of aliphatic hydroxyl groups is 1. The lowest BCUT2D eigenvalue weighted by Crippen LogP contribution is -2.28. The highest BCUT2D eigenvalue weighted by Gasteiger charge is 2.25. The number of nitrogens with two attached hydrogens (primary N) is 1. The van der Waals surface area contributed by atoms with Crippen LogP contribution in [0.5, 0.6) is 0 Å². The molecular weight excluding hydrogens is 252 g/mol. The van der Waals surface area contributed by atoms with E-state index in [9.17, 15) is 5.11 Å². The van der Waals surface area contributed by atoms with Crippen molar-refractivity contribution in [2.75, 3.05) is 18.8 Å². The first-order chi connectivity index (χ1) is 9.52. The van der Waals surface area contributed by atoms with Crippen LogP contribution in [0.15, 0.2) is 18.2 Å². The summed E-state index contributed by atoms with van der Waals surface area (Å²) in [5.41, 5.74) is 7.96. The lowest BCUT2D eigenvalue weighted by Gasteiger charge is -2.21. The molecule has 1 atom stereocenters. The van der Waals surface area contributed by atoms with Crippen molar-refractivity contribution < 1.29 is 5.11 Å². The van der Waals surface area contributed by atoms with Gasteiger partial charge in [-0.05, 0) is 50.9 Å². The molecule has 1 saturated heterocycles. The van der Waals surface area contributed by atoms with Crippen molar-refractivity contribution in [2.24, 2.45) is 0 Å². The largest absolute Gasteiger partial charge is 0.399 e. The van der Waals surface area contributed by atoms with Gasteiger partial charge >= 0.3 is 0 Å². The molecular formula is C15H22N4O. The number of hydrogen-bond acceptors (Lipinski definition) is 4. The molecule has 5 nitrogen and oxygen atoms in total. The molecule has 108 valence electrons. The van der Waals surface area contributed by atoms with Gasteiger partial charge in [0.05, 0.1) is 23.2 Å². The Kier molecular flexibility index (Phi) is 3.40. The number of fused-ring (bicyclic) bond motifs is 1. The lowest BCUT2D eigenvalue weighted by atomic mass is 9.98. The van der Waals surface area contributed by atoms with Crippen LogP contribution in [-0.4, -0.2) is 38.7 Å². The summed E-state index contributed by atoms with van der Waals surface area (Å²) in [5, 5.41) is 10.1. The quantitative estimate of drug-likeness (QED) is 0.731. The molecule has 0 radical (unpaired) electrons. The van der Waals surface area contributed by atoms with Crippen LogP contribution in [0.25, 0.3) is 11.0 Å². The number of H-pyrrole nitrogens is 1. The number of nitrogens with one attached hydrogen (secondary N) is 1. The Bertz CT molecular complexity index is 605. The molecule has 4 N–H and O–H groups in total. The Balaban J connectivity index is 1.72. The zero-order chi connectivity index (χ0) is 14.2. The third kappa shape index (κ3) is 2.94. The highest BCUT2D eigenvalue weighted by Crippen LogP contribution is 2.22. The number of anilines is 1. The zero-order valence-corrected chi connectivity index (χ0v) is 11.9. The summed E-state index contributed by atoms with van der Waals surface area (Å²) in [6.45, 7) is 4.65. The van der Waals surface area contributed by atoms with Gasteiger partial charge < -0.3 is 15.8 Å². The minimum atomic E-state index is -0.517. The Morgan fingerprint density at radius 1 is 1.40 bits per heavy atom. The molecule has 0 saturated carbocycles. The first kappa shape index (κ1) is 13.4. The summed E-state index contributed by atoms with van der Waals surface area (Å²) < 4.78 is 0. The maximum absolute atomic E-state index is 10.1. The van der Waals surface area contributed by atoms with E-state index in [1.807, 2.05) is 25.1 Å². The number of benzene rings is 1. The van der Waals surface area contributed by atoms with E-state index >= 15 is 0 Å². The van der Waals surface area contributed by atoms with Gasteiger partial charge in [-0.2, -0.15) is 0 Å². The first-order valence-corrected chi connectivity index (χ1v) is 7.21. The fourth-order valence-electron chi connectivity index (χ4n) is 2.84. The van der Waals surface area contributed by atoms with Gasteiger partial charge in [-0.3, -0.25) is 4.90 Å². The summed E-state index contributed by atoms with van der Waals surface area (Å²) in [6, 6.07) is 5.73. The molecule has 0 spiro atoms. The minimum absolute atomic E-state index is 0.517. The molecule has 5 heteroatoms. The maximum Gasteiger partial charge on any atom is 0.121 e. The molecule has 3 rings (SSSR count). The summed E-state index contributed by atoms with van der Waals surface area (Å²) in [4.78, 5) is 10.3. The normalized spacial score (nSPS) is 24.9.